The molecule has 0 spiro atoms. The zero-order chi connectivity index (χ0) is 20.5. The molecular formula is C23H18Cl2N2O2. The number of carbonyl (C=O) groups excluding carboxylic acids is 2. The van der Waals surface area contributed by atoms with Crippen LogP contribution in [0, 0.1) is 0 Å². The van der Waals surface area contributed by atoms with E-state index in [4.69, 9.17) is 28.9 Å². The van der Waals surface area contributed by atoms with Crippen LogP contribution in [0.5, 0.6) is 0 Å². The van der Waals surface area contributed by atoms with Crippen LogP contribution >= 0.6 is 23.2 Å². The molecule has 3 N–H and O–H groups in total. The number of primary amides is 1. The van der Waals surface area contributed by atoms with E-state index in [1.165, 1.54) is 0 Å². The molecule has 1 atom stereocenters. The second-order valence-electron chi connectivity index (χ2n) is 6.98. The van der Waals surface area contributed by atoms with Crippen LogP contribution in [0.2, 0.25) is 10.0 Å². The van der Waals surface area contributed by atoms with Gasteiger partial charge in [-0.05, 0) is 39.9 Å². The first-order valence-corrected chi connectivity index (χ1v) is 9.93. The molecule has 3 aromatic rings. The maximum absolute atomic E-state index is 13.3. The van der Waals surface area contributed by atoms with Crippen molar-refractivity contribution < 1.29 is 9.59 Å². The number of rotatable bonds is 5. The van der Waals surface area contributed by atoms with Crippen LogP contribution < -0.4 is 11.1 Å². The van der Waals surface area contributed by atoms with Crippen LogP contribution in [0.3, 0.4) is 0 Å². The summed E-state index contributed by atoms with van der Waals surface area (Å²) in [5.41, 5.74) is 10.0. The molecule has 0 heterocycles. The van der Waals surface area contributed by atoms with Gasteiger partial charge in [0, 0.05) is 16.5 Å². The molecule has 1 aliphatic carbocycles. The molecule has 4 rings (SSSR count). The van der Waals surface area contributed by atoms with Gasteiger partial charge in [-0.2, -0.15) is 0 Å². The minimum Gasteiger partial charge on any atom is -0.368 e. The fraction of sp³-hybridized carbons (Fsp3) is 0.130. The predicted molar refractivity (Wildman–Crippen MR) is 115 cm³/mol. The molecule has 4 nitrogen and oxygen atoms in total. The van der Waals surface area contributed by atoms with Gasteiger partial charge in [-0.15, -0.1) is 0 Å². The van der Waals surface area contributed by atoms with Crippen LogP contribution in [-0.4, -0.2) is 17.9 Å². The molecule has 0 fully saturated rings. The van der Waals surface area contributed by atoms with Crippen molar-refractivity contribution in [2.75, 3.05) is 0 Å². The smallest absolute Gasteiger partial charge is 0.240 e. The summed E-state index contributed by atoms with van der Waals surface area (Å²) < 4.78 is 0. The molecule has 0 aromatic heterocycles. The third kappa shape index (κ3) is 3.61. The van der Waals surface area contributed by atoms with Crippen LogP contribution in [0.15, 0.2) is 66.7 Å². The second kappa shape index (κ2) is 7.90. The largest absolute Gasteiger partial charge is 0.368 e. The van der Waals surface area contributed by atoms with Gasteiger partial charge in [-0.3, -0.25) is 9.59 Å². The number of hydrogen-bond donors (Lipinski definition) is 2. The minimum absolute atomic E-state index is 0.121. The molecule has 2 amide bonds. The molecule has 3 aromatic carbocycles. The summed E-state index contributed by atoms with van der Waals surface area (Å²) in [6, 6.07) is 19.7. The van der Waals surface area contributed by atoms with Crippen molar-refractivity contribution in [2.24, 2.45) is 5.73 Å². The van der Waals surface area contributed by atoms with Crippen molar-refractivity contribution in [3.8, 4) is 11.1 Å². The third-order valence-electron chi connectivity index (χ3n) is 5.23. The Bertz CT molecular complexity index is 1050. The lowest BCUT2D eigenvalue weighted by Crippen LogP contribution is -2.47. The monoisotopic (exact) mass is 424 g/mol. The van der Waals surface area contributed by atoms with Crippen LogP contribution in [-0.2, 0) is 16.0 Å². The summed E-state index contributed by atoms with van der Waals surface area (Å²) in [5.74, 6) is -1.44. The minimum atomic E-state index is -0.931. The summed E-state index contributed by atoms with van der Waals surface area (Å²) >= 11 is 12.5. The highest BCUT2D eigenvalue weighted by Crippen LogP contribution is 2.44. The Morgan fingerprint density at radius 3 is 1.90 bits per heavy atom. The maximum Gasteiger partial charge on any atom is 0.240 e. The van der Waals surface area contributed by atoms with Crippen molar-refractivity contribution in [1.82, 2.24) is 5.32 Å². The quantitative estimate of drug-likeness (QED) is 0.639. The number of nitrogens with two attached hydrogens (primary N) is 1. The Balaban J connectivity index is 1.65. The van der Waals surface area contributed by atoms with Crippen molar-refractivity contribution in [2.45, 2.75) is 18.4 Å². The lowest BCUT2D eigenvalue weighted by molar-refractivity contribution is -0.127. The molecular weight excluding hydrogens is 407 g/mol. The molecule has 0 bridgehead atoms. The fourth-order valence-corrected chi connectivity index (χ4v) is 4.40. The number of nitrogens with one attached hydrogen (secondary N) is 1. The normalized spacial score (nSPS) is 13.4. The highest BCUT2D eigenvalue weighted by molar-refractivity contribution is 6.36. The van der Waals surface area contributed by atoms with Gasteiger partial charge in [-0.25, -0.2) is 0 Å². The first-order chi connectivity index (χ1) is 14.0. The lowest BCUT2D eigenvalue weighted by Gasteiger charge is -2.20. The zero-order valence-corrected chi connectivity index (χ0v) is 16.9. The number of halogens is 2. The number of benzene rings is 3. The van der Waals surface area contributed by atoms with E-state index in [0.29, 0.717) is 15.6 Å². The lowest BCUT2D eigenvalue weighted by atomic mass is 9.95. The highest BCUT2D eigenvalue weighted by Gasteiger charge is 2.35. The summed E-state index contributed by atoms with van der Waals surface area (Å²) in [7, 11) is 0. The van der Waals surface area contributed by atoms with E-state index in [9.17, 15) is 9.59 Å². The van der Waals surface area contributed by atoms with Gasteiger partial charge in [0.15, 0.2) is 0 Å². The second-order valence-corrected chi connectivity index (χ2v) is 7.79. The summed E-state index contributed by atoms with van der Waals surface area (Å²) in [6.45, 7) is 0. The Morgan fingerprint density at radius 2 is 1.38 bits per heavy atom. The summed E-state index contributed by atoms with van der Waals surface area (Å²) in [5, 5.41) is 3.66. The first kappa shape index (κ1) is 19.5. The van der Waals surface area contributed by atoms with Crippen molar-refractivity contribution in [3.05, 3.63) is 93.5 Å². The van der Waals surface area contributed by atoms with Gasteiger partial charge < -0.3 is 11.1 Å². The third-order valence-corrected chi connectivity index (χ3v) is 5.93. The molecule has 0 aliphatic heterocycles. The Kier molecular flexibility index (Phi) is 5.31. The van der Waals surface area contributed by atoms with E-state index in [0.717, 1.165) is 22.3 Å². The van der Waals surface area contributed by atoms with E-state index >= 15 is 0 Å². The van der Waals surface area contributed by atoms with Crippen molar-refractivity contribution in [1.29, 1.82) is 0 Å². The maximum atomic E-state index is 13.3. The Morgan fingerprint density at radius 1 is 0.862 bits per heavy atom. The number of hydrogen-bond acceptors (Lipinski definition) is 2. The SMILES string of the molecule is NC(=O)[C@H](Cc1c(Cl)cccc1Cl)NC(=O)C1c2ccccc2-c2ccccc21. The highest BCUT2D eigenvalue weighted by atomic mass is 35.5. The standard InChI is InChI=1S/C23H18Cl2N2O2/c24-18-10-5-11-19(25)17(18)12-20(22(26)28)27-23(29)21-15-8-3-1-6-13(15)14-7-2-4-9-16(14)21/h1-11,20-21H,12H2,(H2,26,28)(H,27,29)/t20-/m0/s1. The van der Waals surface area contributed by atoms with Gasteiger partial charge in [0.05, 0.1) is 5.92 Å². The molecule has 0 saturated carbocycles. The first-order valence-electron chi connectivity index (χ1n) is 9.18. The van der Waals surface area contributed by atoms with E-state index in [2.05, 4.69) is 5.32 Å². The van der Waals surface area contributed by atoms with Gasteiger partial charge in [0.2, 0.25) is 11.8 Å². The van der Waals surface area contributed by atoms with E-state index in [-0.39, 0.29) is 12.3 Å². The van der Waals surface area contributed by atoms with Crippen molar-refractivity contribution in [3.63, 3.8) is 0 Å². The van der Waals surface area contributed by atoms with Crippen LogP contribution in [0.25, 0.3) is 11.1 Å². The molecule has 0 unspecified atom stereocenters. The van der Waals surface area contributed by atoms with Crippen LogP contribution in [0.4, 0.5) is 0 Å². The Labute approximate surface area is 178 Å². The van der Waals surface area contributed by atoms with Gasteiger partial charge >= 0.3 is 0 Å². The molecule has 0 radical (unpaired) electrons. The molecule has 146 valence electrons. The molecule has 0 saturated heterocycles. The van der Waals surface area contributed by atoms with E-state index < -0.39 is 17.9 Å². The average Bonchev–Trinajstić information content (AvgIpc) is 3.04. The van der Waals surface area contributed by atoms with E-state index in [1.807, 2.05) is 48.5 Å². The fourth-order valence-electron chi connectivity index (χ4n) is 3.85. The zero-order valence-electron chi connectivity index (χ0n) is 15.4. The number of fused-ring (bicyclic) bond motifs is 3. The molecule has 29 heavy (non-hydrogen) atoms. The average molecular weight is 425 g/mol. The topological polar surface area (TPSA) is 72.2 Å². The summed E-state index contributed by atoms with van der Waals surface area (Å²) in [4.78, 5) is 25.4. The number of carbonyl (C=O) groups is 2. The van der Waals surface area contributed by atoms with E-state index in [1.54, 1.807) is 18.2 Å². The van der Waals surface area contributed by atoms with Gasteiger partial charge in [-0.1, -0.05) is 77.8 Å². The van der Waals surface area contributed by atoms with Crippen LogP contribution in [0.1, 0.15) is 22.6 Å². The molecule has 1 aliphatic rings. The van der Waals surface area contributed by atoms with Gasteiger partial charge in [0.1, 0.15) is 6.04 Å². The summed E-state index contributed by atoms with van der Waals surface area (Å²) in [6.07, 6.45) is 0.121. The predicted octanol–water partition coefficient (Wildman–Crippen LogP) is 4.32. The molecule has 6 heteroatoms. The van der Waals surface area contributed by atoms with Gasteiger partial charge in [0.25, 0.3) is 0 Å². The van der Waals surface area contributed by atoms with Crippen molar-refractivity contribution >= 4 is 35.0 Å². The number of amides is 2. The Hall–Kier alpha value is -2.82.